The molecule has 0 radical (unpaired) electrons. The molecule has 2 rings (SSSR count). The van der Waals surface area contributed by atoms with E-state index in [0.717, 1.165) is 12.8 Å². The van der Waals surface area contributed by atoms with Gasteiger partial charge >= 0.3 is 5.97 Å². The van der Waals surface area contributed by atoms with Crippen LogP contribution in [0.4, 0.5) is 0 Å². The van der Waals surface area contributed by atoms with E-state index >= 15 is 0 Å². The second-order valence-electron chi connectivity index (χ2n) is 5.44. The Bertz CT molecular complexity index is 257. The summed E-state index contributed by atoms with van der Waals surface area (Å²) in [4.78, 5) is 11.3. The molecule has 13 heavy (non-hydrogen) atoms. The van der Waals surface area contributed by atoms with Crippen LogP contribution in [0.2, 0.25) is 0 Å². The Kier molecular flexibility index (Phi) is 1.59. The van der Waals surface area contributed by atoms with Gasteiger partial charge in [0, 0.05) is 0 Å². The summed E-state index contributed by atoms with van der Waals surface area (Å²) in [5.74, 6) is 0.466. The van der Waals surface area contributed by atoms with Crippen molar-refractivity contribution < 1.29 is 9.90 Å². The molecule has 3 atom stereocenters. The first-order chi connectivity index (χ1) is 5.90. The van der Waals surface area contributed by atoms with Crippen molar-refractivity contribution in [2.75, 3.05) is 0 Å². The zero-order chi connectivity index (χ0) is 9.85. The number of aliphatic carboxylic acids is 1. The van der Waals surface area contributed by atoms with Crippen molar-refractivity contribution in [1.29, 1.82) is 0 Å². The minimum atomic E-state index is -0.593. The summed E-state index contributed by atoms with van der Waals surface area (Å²) < 4.78 is 0. The summed E-state index contributed by atoms with van der Waals surface area (Å²) >= 11 is 0. The molecular formula is C11H18O2. The van der Waals surface area contributed by atoms with Crippen LogP contribution in [0, 0.1) is 22.7 Å². The lowest BCUT2D eigenvalue weighted by atomic mass is 9.59. The zero-order valence-electron chi connectivity index (χ0n) is 8.63. The second-order valence-corrected chi connectivity index (χ2v) is 5.44. The Balaban J connectivity index is 2.43. The maximum absolute atomic E-state index is 11.3. The van der Waals surface area contributed by atoms with Crippen molar-refractivity contribution in [3.8, 4) is 0 Å². The number of carboxylic acids is 1. The van der Waals surface area contributed by atoms with Gasteiger partial charge in [-0.25, -0.2) is 0 Å². The van der Waals surface area contributed by atoms with Gasteiger partial charge in [-0.05, 0) is 43.4 Å². The van der Waals surface area contributed by atoms with Crippen LogP contribution in [-0.2, 0) is 4.79 Å². The summed E-state index contributed by atoms with van der Waals surface area (Å²) in [7, 11) is 0. The molecule has 0 aliphatic heterocycles. The molecule has 2 saturated carbocycles. The fourth-order valence-electron chi connectivity index (χ4n) is 3.56. The van der Waals surface area contributed by atoms with E-state index < -0.39 is 11.4 Å². The first-order valence-corrected chi connectivity index (χ1v) is 5.14. The lowest BCUT2D eigenvalue weighted by molar-refractivity contribution is -0.160. The summed E-state index contributed by atoms with van der Waals surface area (Å²) in [6.07, 6.45) is 3.49. The van der Waals surface area contributed by atoms with Crippen molar-refractivity contribution >= 4 is 5.97 Å². The SMILES string of the molecule is CC1(C)[C@H]2CC[C@@H](C2)[C@@]1(C)C(=O)O. The molecule has 2 fully saturated rings. The van der Waals surface area contributed by atoms with Crippen LogP contribution in [0.25, 0.3) is 0 Å². The van der Waals surface area contributed by atoms with Crippen LogP contribution < -0.4 is 0 Å². The van der Waals surface area contributed by atoms with Crippen LogP contribution >= 0.6 is 0 Å². The van der Waals surface area contributed by atoms with E-state index in [0.29, 0.717) is 11.8 Å². The Hall–Kier alpha value is -0.530. The molecule has 74 valence electrons. The number of fused-ring (bicyclic) bond motifs is 2. The predicted molar refractivity (Wildman–Crippen MR) is 50.4 cm³/mol. The Labute approximate surface area is 79.3 Å². The minimum absolute atomic E-state index is 0.0122. The molecule has 2 nitrogen and oxygen atoms in total. The molecule has 0 amide bonds. The fourth-order valence-corrected chi connectivity index (χ4v) is 3.56. The molecule has 0 saturated heterocycles. The summed E-state index contributed by atoms with van der Waals surface area (Å²) in [6.45, 7) is 6.20. The monoisotopic (exact) mass is 182 g/mol. The molecular weight excluding hydrogens is 164 g/mol. The number of hydrogen-bond donors (Lipinski definition) is 1. The highest BCUT2D eigenvalue weighted by molar-refractivity contribution is 5.76. The smallest absolute Gasteiger partial charge is 0.310 e. The standard InChI is InChI=1S/C11H18O2/c1-10(2)7-4-5-8(6-7)11(10,3)9(12)13/h7-8H,4-6H2,1-3H3,(H,12,13)/t7-,8-,11-/m0/s1. The topological polar surface area (TPSA) is 37.3 Å². The maximum atomic E-state index is 11.3. The van der Waals surface area contributed by atoms with E-state index in [1.54, 1.807) is 0 Å². The normalized spacial score (nSPS) is 46.7. The molecule has 0 aromatic heterocycles. The van der Waals surface area contributed by atoms with Gasteiger partial charge in [0.1, 0.15) is 0 Å². The summed E-state index contributed by atoms with van der Waals surface area (Å²) in [6, 6.07) is 0. The lowest BCUT2D eigenvalue weighted by Gasteiger charge is -2.44. The fraction of sp³-hybridized carbons (Fsp3) is 0.909. The minimum Gasteiger partial charge on any atom is -0.481 e. The molecule has 0 unspecified atom stereocenters. The van der Waals surface area contributed by atoms with Gasteiger partial charge in [-0.1, -0.05) is 13.8 Å². The van der Waals surface area contributed by atoms with Crippen LogP contribution in [-0.4, -0.2) is 11.1 Å². The number of carboxylic acid groups (broad SMARTS) is 1. The molecule has 0 aromatic carbocycles. The van der Waals surface area contributed by atoms with Gasteiger partial charge in [0.05, 0.1) is 5.41 Å². The highest BCUT2D eigenvalue weighted by Crippen LogP contribution is 2.66. The van der Waals surface area contributed by atoms with Gasteiger partial charge < -0.3 is 5.11 Å². The van der Waals surface area contributed by atoms with Crippen LogP contribution in [0.15, 0.2) is 0 Å². The largest absolute Gasteiger partial charge is 0.481 e. The van der Waals surface area contributed by atoms with Gasteiger partial charge in [0.2, 0.25) is 0 Å². The Morgan fingerprint density at radius 2 is 1.77 bits per heavy atom. The quantitative estimate of drug-likeness (QED) is 0.676. The van der Waals surface area contributed by atoms with Crippen molar-refractivity contribution in [3.63, 3.8) is 0 Å². The van der Waals surface area contributed by atoms with E-state index in [1.807, 2.05) is 6.92 Å². The van der Waals surface area contributed by atoms with E-state index in [-0.39, 0.29) is 5.41 Å². The van der Waals surface area contributed by atoms with Crippen molar-refractivity contribution in [1.82, 2.24) is 0 Å². The number of carbonyl (C=O) groups is 1. The lowest BCUT2D eigenvalue weighted by Crippen LogP contribution is -2.46. The first-order valence-electron chi connectivity index (χ1n) is 5.14. The van der Waals surface area contributed by atoms with Gasteiger partial charge in [0.25, 0.3) is 0 Å². The third kappa shape index (κ3) is 0.818. The van der Waals surface area contributed by atoms with E-state index in [9.17, 15) is 9.90 Å². The third-order valence-electron chi connectivity index (χ3n) is 5.05. The molecule has 0 spiro atoms. The number of hydrogen-bond acceptors (Lipinski definition) is 1. The predicted octanol–water partition coefficient (Wildman–Crippen LogP) is 2.53. The van der Waals surface area contributed by atoms with Gasteiger partial charge in [-0.2, -0.15) is 0 Å². The molecule has 2 aliphatic carbocycles. The molecule has 2 bridgehead atoms. The van der Waals surface area contributed by atoms with Crippen LogP contribution in [0.3, 0.4) is 0 Å². The Morgan fingerprint density at radius 3 is 2.08 bits per heavy atom. The van der Waals surface area contributed by atoms with Crippen molar-refractivity contribution in [2.45, 2.75) is 40.0 Å². The molecule has 1 N–H and O–H groups in total. The molecule has 0 heterocycles. The highest BCUT2D eigenvalue weighted by atomic mass is 16.4. The average molecular weight is 182 g/mol. The molecule has 0 aromatic rings. The van der Waals surface area contributed by atoms with Gasteiger partial charge in [0.15, 0.2) is 0 Å². The van der Waals surface area contributed by atoms with Crippen molar-refractivity contribution in [2.24, 2.45) is 22.7 Å². The van der Waals surface area contributed by atoms with Crippen LogP contribution in [0.5, 0.6) is 0 Å². The van der Waals surface area contributed by atoms with E-state index in [2.05, 4.69) is 13.8 Å². The Morgan fingerprint density at radius 1 is 1.23 bits per heavy atom. The summed E-state index contributed by atoms with van der Waals surface area (Å²) in [5, 5.41) is 9.33. The maximum Gasteiger partial charge on any atom is 0.310 e. The van der Waals surface area contributed by atoms with E-state index in [4.69, 9.17) is 0 Å². The molecule has 2 heteroatoms. The highest BCUT2D eigenvalue weighted by Gasteiger charge is 2.64. The summed E-state index contributed by atoms with van der Waals surface area (Å²) in [5.41, 5.74) is -0.488. The molecule has 2 aliphatic rings. The third-order valence-corrected chi connectivity index (χ3v) is 5.05. The average Bonchev–Trinajstić information content (AvgIpc) is 2.54. The first kappa shape index (κ1) is 9.04. The van der Waals surface area contributed by atoms with E-state index in [1.165, 1.54) is 6.42 Å². The van der Waals surface area contributed by atoms with Crippen LogP contribution in [0.1, 0.15) is 40.0 Å². The van der Waals surface area contributed by atoms with Crippen molar-refractivity contribution in [3.05, 3.63) is 0 Å². The second kappa shape index (κ2) is 2.28. The van der Waals surface area contributed by atoms with Gasteiger partial charge in [-0.3, -0.25) is 4.79 Å². The van der Waals surface area contributed by atoms with Gasteiger partial charge in [-0.15, -0.1) is 0 Å². The number of rotatable bonds is 1. The zero-order valence-corrected chi connectivity index (χ0v) is 8.63.